The zero-order valence-corrected chi connectivity index (χ0v) is 8.81. The Morgan fingerprint density at radius 3 is 1.58 bits per heavy atom. The van der Waals surface area contributed by atoms with Gasteiger partial charge in [-0.25, -0.2) is 0 Å². The molecular formula is C12H24. The van der Waals surface area contributed by atoms with Gasteiger partial charge in [-0.15, -0.1) is 0 Å². The molecule has 1 aliphatic carbocycles. The lowest BCUT2D eigenvalue weighted by molar-refractivity contribution is 0.209. The Kier molecular flexibility index (Phi) is 4.72. The van der Waals surface area contributed by atoms with E-state index in [2.05, 4.69) is 13.8 Å². The van der Waals surface area contributed by atoms with E-state index in [9.17, 15) is 0 Å². The molecule has 72 valence electrons. The first-order chi connectivity index (χ1) is 5.88. The second-order valence-corrected chi connectivity index (χ2v) is 4.38. The molecule has 0 aromatic rings. The van der Waals surface area contributed by atoms with E-state index >= 15 is 0 Å². The Bertz CT molecular complexity index is 88.6. The summed E-state index contributed by atoms with van der Waals surface area (Å²) in [7, 11) is 0. The minimum atomic E-state index is 1.09. The van der Waals surface area contributed by atoms with Crippen molar-refractivity contribution in [2.24, 2.45) is 11.8 Å². The molecule has 0 radical (unpaired) electrons. The Morgan fingerprint density at radius 2 is 1.25 bits per heavy atom. The number of rotatable bonds is 4. The third kappa shape index (κ3) is 2.80. The van der Waals surface area contributed by atoms with Crippen LogP contribution in [-0.4, -0.2) is 0 Å². The van der Waals surface area contributed by atoms with Crippen molar-refractivity contribution in [2.75, 3.05) is 0 Å². The SMILES string of the molecule is CCC[C@@H]1CCCC[C@@H]1CCC. The molecule has 0 aliphatic heterocycles. The second-order valence-electron chi connectivity index (χ2n) is 4.38. The van der Waals surface area contributed by atoms with Gasteiger partial charge in [0.1, 0.15) is 0 Å². The van der Waals surface area contributed by atoms with Crippen molar-refractivity contribution >= 4 is 0 Å². The van der Waals surface area contributed by atoms with Gasteiger partial charge in [0, 0.05) is 0 Å². The van der Waals surface area contributed by atoms with Crippen molar-refractivity contribution in [3.05, 3.63) is 0 Å². The molecule has 1 saturated carbocycles. The minimum absolute atomic E-state index is 1.09. The predicted molar refractivity (Wildman–Crippen MR) is 55.3 cm³/mol. The summed E-state index contributed by atoms with van der Waals surface area (Å²) in [5.41, 5.74) is 0. The van der Waals surface area contributed by atoms with Crippen LogP contribution in [0.2, 0.25) is 0 Å². The van der Waals surface area contributed by atoms with Crippen LogP contribution in [0.4, 0.5) is 0 Å². The maximum Gasteiger partial charge on any atom is -0.0386 e. The summed E-state index contributed by atoms with van der Waals surface area (Å²) in [6, 6.07) is 0. The lowest BCUT2D eigenvalue weighted by Crippen LogP contribution is -2.19. The van der Waals surface area contributed by atoms with Crippen molar-refractivity contribution in [1.29, 1.82) is 0 Å². The second kappa shape index (κ2) is 5.61. The molecule has 0 amide bonds. The predicted octanol–water partition coefficient (Wildman–Crippen LogP) is 4.39. The van der Waals surface area contributed by atoms with E-state index in [1.165, 1.54) is 51.4 Å². The summed E-state index contributed by atoms with van der Waals surface area (Å²) >= 11 is 0. The molecule has 0 spiro atoms. The molecular weight excluding hydrogens is 144 g/mol. The van der Waals surface area contributed by atoms with Gasteiger partial charge in [0.2, 0.25) is 0 Å². The molecule has 1 rings (SSSR count). The maximum absolute atomic E-state index is 2.33. The molecule has 0 aromatic carbocycles. The third-order valence-corrected chi connectivity index (χ3v) is 3.39. The molecule has 0 nitrogen and oxygen atoms in total. The summed E-state index contributed by atoms with van der Waals surface area (Å²) in [5, 5.41) is 0. The summed E-state index contributed by atoms with van der Waals surface area (Å²) < 4.78 is 0. The van der Waals surface area contributed by atoms with Crippen LogP contribution in [0, 0.1) is 11.8 Å². The van der Waals surface area contributed by atoms with Crippen molar-refractivity contribution in [3.8, 4) is 0 Å². The molecule has 0 aromatic heterocycles. The van der Waals surface area contributed by atoms with Gasteiger partial charge in [0.15, 0.2) is 0 Å². The molecule has 0 N–H and O–H groups in total. The lowest BCUT2D eigenvalue weighted by Gasteiger charge is -2.31. The van der Waals surface area contributed by atoms with Gasteiger partial charge in [0.05, 0.1) is 0 Å². The van der Waals surface area contributed by atoms with Gasteiger partial charge in [-0.05, 0) is 11.8 Å². The van der Waals surface area contributed by atoms with Crippen LogP contribution in [-0.2, 0) is 0 Å². The molecule has 2 atom stereocenters. The first-order valence-corrected chi connectivity index (χ1v) is 5.88. The normalized spacial score (nSPS) is 30.5. The first kappa shape index (κ1) is 10.1. The van der Waals surface area contributed by atoms with Crippen LogP contribution in [0.25, 0.3) is 0 Å². The van der Waals surface area contributed by atoms with Crippen LogP contribution in [0.1, 0.15) is 65.2 Å². The highest BCUT2D eigenvalue weighted by molar-refractivity contribution is 4.74. The number of hydrogen-bond acceptors (Lipinski definition) is 0. The Labute approximate surface area is 77.7 Å². The standard InChI is InChI=1S/C12H24/c1-3-7-11-9-5-6-10-12(11)8-4-2/h11-12H,3-10H2,1-2H3/t11-,12+. The zero-order chi connectivity index (χ0) is 8.81. The summed E-state index contributed by atoms with van der Waals surface area (Å²) in [6.45, 7) is 4.66. The van der Waals surface area contributed by atoms with Crippen LogP contribution in [0.15, 0.2) is 0 Å². The Morgan fingerprint density at radius 1 is 0.833 bits per heavy atom. The van der Waals surface area contributed by atoms with Gasteiger partial charge in [0.25, 0.3) is 0 Å². The molecule has 0 unspecified atom stereocenters. The molecule has 0 saturated heterocycles. The topological polar surface area (TPSA) is 0 Å². The van der Waals surface area contributed by atoms with E-state index in [4.69, 9.17) is 0 Å². The summed E-state index contributed by atoms with van der Waals surface area (Å²) in [4.78, 5) is 0. The Balaban J connectivity index is 2.31. The monoisotopic (exact) mass is 168 g/mol. The van der Waals surface area contributed by atoms with Gasteiger partial charge in [-0.1, -0.05) is 65.2 Å². The van der Waals surface area contributed by atoms with Gasteiger partial charge in [-0.2, -0.15) is 0 Å². The van der Waals surface area contributed by atoms with Gasteiger partial charge >= 0.3 is 0 Å². The maximum atomic E-state index is 2.33. The average Bonchev–Trinajstić information content (AvgIpc) is 2.09. The largest absolute Gasteiger partial charge is 0.0654 e. The highest BCUT2D eigenvalue weighted by Crippen LogP contribution is 2.35. The van der Waals surface area contributed by atoms with Crippen molar-refractivity contribution in [1.82, 2.24) is 0 Å². The van der Waals surface area contributed by atoms with Crippen molar-refractivity contribution in [3.63, 3.8) is 0 Å². The third-order valence-electron chi connectivity index (χ3n) is 3.39. The van der Waals surface area contributed by atoms with Crippen LogP contribution >= 0.6 is 0 Å². The van der Waals surface area contributed by atoms with Crippen LogP contribution < -0.4 is 0 Å². The summed E-state index contributed by atoms with van der Waals surface area (Å²) in [5.74, 6) is 2.17. The van der Waals surface area contributed by atoms with E-state index in [1.54, 1.807) is 0 Å². The highest BCUT2D eigenvalue weighted by Gasteiger charge is 2.22. The molecule has 1 fully saturated rings. The van der Waals surface area contributed by atoms with Crippen molar-refractivity contribution in [2.45, 2.75) is 65.2 Å². The molecule has 1 aliphatic rings. The van der Waals surface area contributed by atoms with Crippen LogP contribution in [0.5, 0.6) is 0 Å². The quantitative estimate of drug-likeness (QED) is 0.584. The molecule has 12 heavy (non-hydrogen) atoms. The van der Waals surface area contributed by atoms with E-state index in [1.807, 2.05) is 0 Å². The van der Waals surface area contributed by atoms with E-state index in [-0.39, 0.29) is 0 Å². The fourth-order valence-electron chi connectivity index (χ4n) is 2.79. The first-order valence-electron chi connectivity index (χ1n) is 5.88. The van der Waals surface area contributed by atoms with E-state index in [0.717, 1.165) is 11.8 Å². The fourth-order valence-corrected chi connectivity index (χ4v) is 2.79. The summed E-state index contributed by atoms with van der Waals surface area (Å²) in [6.07, 6.45) is 11.8. The fraction of sp³-hybridized carbons (Fsp3) is 1.00. The minimum Gasteiger partial charge on any atom is -0.0654 e. The Hall–Kier alpha value is 0. The van der Waals surface area contributed by atoms with E-state index < -0.39 is 0 Å². The highest BCUT2D eigenvalue weighted by atomic mass is 14.3. The molecule has 0 heteroatoms. The van der Waals surface area contributed by atoms with Gasteiger partial charge < -0.3 is 0 Å². The van der Waals surface area contributed by atoms with Gasteiger partial charge in [-0.3, -0.25) is 0 Å². The zero-order valence-electron chi connectivity index (χ0n) is 8.81. The smallest absolute Gasteiger partial charge is 0.0386 e. The average molecular weight is 168 g/mol. The lowest BCUT2D eigenvalue weighted by atomic mass is 9.75. The molecule has 0 heterocycles. The van der Waals surface area contributed by atoms with Crippen molar-refractivity contribution < 1.29 is 0 Å². The number of hydrogen-bond donors (Lipinski definition) is 0. The van der Waals surface area contributed by atoms with Crippen LogP contribution in [0.3, 0.4) is 0 Å². The van der Waals surface area contributed by atoms with E-state index in [0.29, 0.717) is 0 Å². The molecule has 0 bridgehead atoms.